The number of rotatable bonds is 7. The number of amides is 1. The normalized spacial score (nSPS) is 16.6. The number of methoxy groups -OCH3 is 2. The smallest absolute Gasteiger partial charge is 0.416 e. The number of carbonyl (C=O) groups excluding carboxylic acids is 2. The average Bonchev–Trinajstić information content (AvgIpc) is 3.34. The molecular weight excluding hydrogens is 721 g/mol. The van der Waals surface area contributed by atoms with Crippen molar-refractivity contribution in [2.75, 3.05) is 14.2 Å². The van der Waals surface area contributed by atoms with Gasteiger partial charge in [0.25, 0.3) is 0 Å². The van der Waals surface area contributed by atoms with E-state index in [1.807, 2.05) is 0 Å². The molecule has 5 rings (SSSR count). The van der Waals surface area contributed by atoms with Crippen molar-refractivity contribution < 1.29 is 63.3 Å². The van der Waals surface area contributed by atoms with Gasteiger partial charge in [-0.05, 0) is 83.8 Å². The number of ether oxygens (including phenoxy) is 3. The Morgan fingerprint density at radius 2 is 1.37 bits per heavy atom. The van der Waals surface area contributed by atoms with Gasteiger partial charge < -0.3 is 14.2 Å². The van der Waals surface area contributed by atoms with E-state index in [0.717, 1.165) is 23.1 Å². The van der Waals surface area contributed by atoms with Crippen molar-refractivity contribution in [3.05, 3.63) is 111 Å². The SMILES string of the molecule is COC(=O)c1ccc(-c2ccc(OC)c(-c3ccc(C(F)(F)F)cc3CN3C(=O)O[C@H](c4cc(C(F)(F)F)cc(C(F)(F)F)c4)[C@@H]3C)c2)c(Cl)c1. The summed E-state index contributed by atoms with van der Waals surface area (Å²) < 4.78 is 139. The molecule has 4 aromatic rings. The maximum Gasteiger partial charge on any atom is 0.416 e. The van der Waals surface area contributed by atoms with Crippen LogP contribution in [0.25, 0.3) is 22.3 Å². The van der Waals surface area contributed by atoms with Crippen LogP contribution in [0.15, 0.2) is 72.8 Å². The quantitative estimate of drug-likeness (QED) is 0.139. The minimum Gasteiger partial charge on any atom is -0.496 e. The minimum absolute atomic E-state index is 0.0696. The zero-order valence-corrected chi connectivity index (χ0v) is 27.3. The van der Waals surface area contributed by atoms with Crippen LogP contribution in [-0.4, -0.2) is 37.2 Å². The molecule has 1 aliphatic rings. The van der Waals surface area contributed by atoms with Gasteiger partial charge in [0.05, 0.1) is 49.1 Å². The number of hydrogen-bond donors (Lipinski definition) is 0. The highest BCUT2D eigenvalue weighted by Crippen LogP contribution is 2.44. The predicted molar refractivity (Wildman–Crippen MR) is 166 cm³/mol. The fourth-order valence-corrected chi connectivity index (χ4v) is 6.02. The molecule has 51 heavy (non-hydrogen) atoms. The van der Waals surface area contributed by atoms with Crippen LogP contribution in [0.5, 0.6) is 5.75 Å². The van der Waals surface area contributed by atoms with Crippen LogP contribution in [-0.2, 0) is 34.5 Å². The van der Waals surface area contributed by atoms with Gasteiger partial charge in [-0.1, -0.05) is 29.8 Å². The van der Waals surface area contributed by atoms with E-state index >= 15 is 0 Å². The van der Waals surface area contributed by atoms with Crippen LogP contribution < -0.4 is 4.74 Å². The first-order valence-corrected chi connectivity index (χ1v) is 15.1. The third-order valence-electron chi connectivity index (χ3n) is 8.29. The van der Waals surface area contributed by atoms with Gasteiger partial charge in [0.15, 0.2) is 0 Å². The second-order valence-corrected chi connectivity index (χ2v) is 11.9. The zero-order chi connectivity index (χ0) is 37.6. The molecule has 16 heteroatoms. The van der Waals surface area contributed by atoms with Crippen LogP contribution in [0, 0.1) is 0 Å². The molecule has 6 nitrogen and oxygen atoms in total. The van der Waals surface area contributed by atoms with Gasteiger partial charge in [0, 0.05) is 16.1 Å². The minimum atomic E-state index is -5.17. The molecule has 0 saturated carbocycles. The van der Waals surface area contributed by atoms with E-state index in [4.69, 9.17) is 25.8 Å². The van der Waals surface area contributed by atoms with Crippen LogP contribution in [0.2, 0.25) is 5.02 Å². The number of halogens is 10. The Hall–Kier alpha value is -4.92. The third kappa shape index (κ3) is 7.72. The molecule has 0 N–H and O–H groups in total. The first-order chi connectivity index (χ1) is 23.7. The number of alkyl halides is 9. The van der Waals surface area contributed by atoms with Crippen molar-refractivity contribution in [2.45, 2.75) is 44.1 Å². The molecule has 1 saturated heterocycles. The van der Waals surface area contributed by atoms with E-state index in [2.05, 4.69) is 0 Å². The van der Waals surface area contributed by atoms with Crippen LogP contribution in [0.3, 0.4) is 0 Å². The molecule has 0 unspecified atom stereocenters. The summed E-state index contributed by atoms with van der Waals surface area (Å²) in [7, 11) is 2.51. The van der Waals surface area contributed by atoms with E-state index in [0.29, 0.717) is 23.3 Å². The average molecular weight is 746 g/mol. The number of esters is 1. The maximum absolute atomic E-state index is 13.9. The van der Waals surface area contributed by atoms with Gasteiger partial charge in [-0.25, -0.2) is 9.59 Å². The highest BCUT2D eigenvalue weighted by atomic mass is 35.5. The third-order valence-corrected chi connectivity index (χ3v) is 8.61. The summed E-state index contributed by atoms with van der Waals surface area (Å²) in [6, 6.07) is 11.3. The lowest BCUT2D eigenvalue weighted by molar-refractivity contribution is -0.143. The lowest BCUT2D eigenvalue weighted by Gasteiger charge is -2.24. The van der Waals surface area contributed by atoms with Gasteiger partial charge in [0.2, 0.25) is 0 Å². The molecule has 0 bridgehead atoms. The standard InChI is InChI=1S/C35H25ClF9NO5/c1-17-30(20-10-23(34(40,41)42)15-24(11-20)35(43,44)45)51-32(48)46(17)16-21-12-22(33(37,38)39)6-8-25(21)27-13-18(5-9-29(27)49-2)26-7-4-19(14-28(26)36)31(47)50-3/h4-15,17,30H,16H2,1-3H3/t17-,30-/m0/s1. The maximum atomic E-state index is 13.9. The summed E-state index contributed by atoms with van der Waals surface area (Å²) >= 11 is 6.47. The van der Waals surface area contributed by atoms with E-state index in [9.17, 15) is 49.1 Å². The van der Waals surface area contributed by atoms with Crippen molar-refractivity contribution in [1.82, 2.24) is 4.90 Å². The first-order valence-electron chi connectivity index (χ1n) is 14.8. The fraction of sp³-hybridized carbons (Fsp3) is 0.257. The molecular formula is C35H25ClF9NO5. The fourth-order valence-electron chi connectivity index (χ4n) is 5.73. The van der Waals surface area contributed by atoms with Gasteiger partial charge in [0.1, 0.15) is 11.9 Å². The molecule has 1 heterocycles. The summed E-state index contributed by atoms with van der Waals surface area (Å²) in [6.45, 7) is 0.695. The molecule has 0 spiro atoms. The second kappa shape index (κ2) is 13.7. The van der Waals surface area contributed by atoms with E-state index in [1.54, 1.807) is 12.1 Å². The molecule has 0 aromatic heterocycles. The van der Waals surface area contributed by atoms with Crippen LogP contribution in [0.4, 0.5) is 44.3 Å². The summed E-state index contributed by atoms with van der Waals surface area (Å²) in [5.41, 5.74) is -3.61. The highest BCUT2D eigenvalue weighted by molar-refractivity contribution is 6.33. The lowest BCUT2D eigenvalue weighted by Crippen LogP contribution is -2.32. The molecule has 1 amide bonds. The van der Waals surface area contributed by atoms with Crippen LogP contribution in [0.1, 0.15) is 51.2 Å². The summed E-state index contributed by atoms with van der Waals surface area (Å²) in [5, 5.41) is 0.143. The Balaban J connectivity index is 1.59. The largest absolute Gasteiger partial charge is 0.496 e. The molecule has 0 radical (unpaired) electrons. The Morgan fingerprint density at radius 1 is 0.765 bits per heavy atom. The van der Waals surface area contributed by atoms with Gasteiger partial charge >= 0.3 is 30.6 Å². The number of benzene rings is 4. The number of nitrogens with zero attached hydrogens (tertiary/aromatic N) is 1. The van der Waals surface area contributed by atoms with Crippen molar-refractivity contribution in [2.24, 2.45) is 0 Å². The first kappa shape index (κ1) is 37.3. The Morgan fingerprint density at radius 3 is 1.92 bits per heavy atom. The molecule has 2 atom stereocenters. The summed E-state index contributed by atoms with van der Waals surface area (Å²) in [4.78, 5) is 26.0. The van der Waals surface area contributed by atoms with Gasteiger partial charge in [-0.3, -0.25) is 4.90 Å². The van der Waals surface area contributed by atoms with Crippen molar-refractivity contribution in [3.63, 3.8) is 0 Å². The predicted octanol–water partition coefficient (Wildman–Crippen LogP) is 10.6. The topological polar surface area (TPSA) is 65.1 Å². The Labute approximate surface area is 289 Å². The molecule has 270 valence electrons. The lowest BCUT2D eigenvalue weighted by atomic mass is 9.92. The molecule has 4 aromatic carbocycles. The Bertz CT molecular complexity index is 1960. The summed E-state index contributed by atoms with van der Waals surface area (Å²) in [6.07, 6.45) is -18.0. The van der Waals surface area contributed by atoms with E-state index in [1.165, 1.54) is 45.4 Å². The molecule has 1 aliphatic heterocycles. The van der Waals surface area contributed by atoms with Crippen molar-refractivity contribution in [1.29, 1.82) is 0 Å². The van der Waals surface area contributed by atoms with E-state index in [-0.39, 0.29) is 39.1 Å². The van der Waals surface area contributed by atoms with Gasteiger partial charge in [-0.15, -0.1) is 0 Å². The Kier molecular flexibility index (Phi) is 10.0. The molecule has 1 fully saturated rings. The molecule has 0 aliphatic carbocycles. The van der Waals surface area contributed by atoms with E-state index < -0.39 is 71.5 Å². The number of cyclic esters (lactones) is 1. The number of carbonyl (C=O) groups is 2. The second-order valence-electron chi connectivity index (χ2n) is 11.5. The highest BCUT2D eigenvalue weighted by Gasteiger charge is 2.44. The van der Waals surface area contributed by atoms with Gasteiger partial charge in [-0.2, -0.15) is 39.5 Å². The zero-order valence-electron chi connectivity index (χ0n) is 26.6. The van der Waals surface area contributed by atoms with Crippen molar-refractivity contribution in [3.8, 4) is 28.0 Å². The van der Waals surface area contributed by atoms with Crippen molar-refractivity contribution >= 4 is 23.7 Å². The van der Waals surface area contributed by atoms with Crippen LogP contribution >= 0.6 is 11.6 Å². The summed E-state index contributed by atoms with van der Waals surface area (Å²) in [5.74, 6) is -0.445. The monoisotopic (exact) mass is 745 g/mol. The number of hydrogen-bond acceptors (Lipinski definition) is 5.